The highest BCUT2D eigenvalue weighted by Crippen LogP contribution is 2.18. The molecule has 0 heterocycles. The zero-order valence-electron chi connectivity index (χ0n) is 15.0. The third kappa shape index (κ3) is 6.70. The van der Waals surface area contributed by atoms with Crippen molar-refractivity contribution in [1.82, 2.24) is 5.32 Å². The SMILES string of the molecule is CCOC(=O)c1ccc(N)c(C(CCNC(=O)OC(C)(C)C)=NO)c1. The number of hydrogen-bond acceptors (Lipinski definition) is 7. The van der Waals surface area contributed by atoms with Gasteiger partial charge in [0.05, 0.1) is 17.9 Å². The van der Waals surface area contributed by atoms with E-state index in [-0.39, 0.29) is 25.3 Å². The number of nitrogens with two attached hydrogens (primary N) is 1. The van der Waals surface area contributed by atoms with Crippen molar-refractivity contribution in [3.63, 3.8) is 0 Å². The zero-order chi connectivity index (χ0) is 19.0. The molecule has 0 spiro atoms. The summed E-state index contributed by atoms with van der Waals surface area (Å²) in [6, 6.07) is 4.56. The Morgan fingerprint density at radius 2 is 2.00 bits per heavy atom. The van der Waals surface area contributed by atoms with Gasteiger partial charge in [-0.3, -0.25) is 0 Å². The standard InChI is InChI=1S/C17H25N3O5/c1-5-24-15(21)11-6-7-13(18)12(10-11)14(20-23)8-9-19-16(22)25-17(2,3)4/h6-7,10,23H,5,8-9,18H2,1-4H3,(H,19,22). The molecule has 0 bridgehead atoms. The summed E-state index contributed by atoms with van der Waals surface area (Å²) in [5.41, 5.74) is 6.58. The van der Waals surface area contributed by atoms with E-state index >= 15 is 0 Å². The molecule has 0 atom stereocenters. The number of oxime groups is 1. The van der Waals surface area contributed by atoms with Crippen molar-refractivity contribution in [1.29, 1.82) is 0 Å². The highest BCUT2D eigenvalue weighted by molar-refractivity contribution is 6.06. The van der Waals surface area contributed by atoms with Crippen molar-refractivity contribution in [2.24, 2.45) is 5.16 Å². The summed E-state index contributed by atoms with van der Waals surface area (Å²) in [5, 5.41) is 15.1. The Balaban J connectivity index is 2.78. The molecule has 25 heavy (non-hydrogen) atoms. The number of ether oxygens (including phenoxy) is 2. The molecule has 8 nitrogen and oxygen atoms in total. The molecule has 0 unspecified atom stereocenters. The van der Waals surface area contributed by atoms with Gasteiger partial charge in [-0.05, 0) is 45.9 Å². The molecular weight excluding hydrogens is 326 g/mol. The number of carbonyl (C=O) groups is 2. The molecule has 1 aromatic rings. The lowest BCUT2D eigenvalue weighted by molar-refractivity contribution is 0.0517. The van der Waals surface area contributed by atoms with Gasteiger partial charge >= 0.3 is 12.1 Å². The van der Waals surface area contributed by atoms with Gasteiger partial charge in [-0.15, -0.1) is 0 Å². The molecule has 1 amide bonds. The van der Waals surface area contributed by atoms with E-state index in [4.69, 9.17) is 15.2 Å². The van der Waals surface area contributed by atoms with Crippen LogP contribution in [0.4, 0.5) is 10.5 Å². The van der Waals surface area contributed by atoms with Crippen LogP contribution in [0.3, 0.4) is 0 Å². The fourth-order valence-corrected chi connectivity index (χ4v) is 1.98. The number of nitrogens with zero attached hydrogens (tertiary/aromatic N) is 1. The minimum atomic E-state index is -0.601. The molecule has 0 aliphatic rings. The third-order valence-electron chi connectivity index (χ3n) is 3.03. The van der Waals surface area contributed by atoms with Crippen LogP contribution in [0.25, 0.3) is 0 Å². The van der Waals surface area contributed by atoms with Crippen molar-refractivity contribution in [3.05, 3.63) is 29.3 Å². The maximum absolute atomic E-state index is 11.8. The molecule has 1 aromatic carbocycles. The second-order valence-electron chi connectivity index (χ2n) is 6.25. The van der Waals surface area contributed by atoms with Crippen molar-refractivity contribution < 1.29 is 24.3 Å². The van der Waals surface area contributed by atoms with E-state index in [1.54, 1.807) is 27.7 Å². The summed E-state index contributed by atoms with van der Waals surface area (Å²) in [6.07, 6.45) is -0.371. The van der Waals surface area contributed by atoms with Gasteiger partial charge in [0.2, 0.25) is 0 Å². The predicted octanol–water partition coefficient (Wildman–Crippen LogP) is 2.54. The van der Waals surface area contributed by atoms with Gasteiger partial charge in [0.15, 0.2) is 0 Å². The number of hydrogen-bond donors (Lipinski definition) is 3. The summed E-state index contributed by atoms with van der Waals surface area (Å²) in [5.74, 6) is -0.493. The van der Waals surface area contributed by atoms with Gasteiger partial charge in [0.25, 0.3) is 0 Å². The Morgan fingerprint density at radius 1 is 1.32 bits per heavy atom. The summed E-state index contributed by atoms with van der Waals surface area (Å²) in [4.78, 5) is 23.4. The fourth-order valence-electron chi connectivity index (χ4n) is 1.98. The summed E-state index contributed by atoms with van der Waals surface area (Å²) in [7, 11) is 0. The molecule has 0 aliphatic heterocycles. The van der Waals surface area contributed by atoms with Crippen LogP contribution in [0.15, 0.2) is 23.4 Å². The van der Waals surface area contributed by atoms with Crippen molar-refractivity contribution in [3.8, 4) is 0 Å². The van der Waals surface area contributed by atoms with E-state index in [2.05, 4.69) is 10.5 Å². The third-order valence-corrected chi connectivity index (χ3v) is 3.03. The van der Waals surface area contributed by atoms with Crippen molar-refractivity contribution in [2.75, 3.05) is 18.9 Å². The average Bonchev–Trinajstić information content (AvgIpc) is 2.51. The Morgan fingerprint density at radius 3 is 2.56 bits per heavy atom. The molecule has 0 aliphatic carbocycles. The first-order chi connectivity index (χ1) is 11.7. The fraction of sp³-hybridized carbons (Fsp3) is 0.471. The Kier molecular flexibility index (Phi) is 7.22. The van der Waals surface area contributed by atoms with E-state index in [9.17, 15) is 14.8 Å². The first kappa shape index (κ1) is 20.3. The minimum absolute atomic E-state index is 0.178. The summed E-state index contributed by atoms with van der Waals surface area (Å²) in [6.45, 7) is 7.41. The molecule has 0 fully saturated rings. The number of nitrogen functional groups attached to an aromatic ring is 1. The Hall–Kier alpha value is -2.77. The van der Waals surface area contributed by atoms with Crippen LogP contribution in [-0.2, 0) is 9.47 Å². The van der Waals surface area contributed by atoms with Crippen LogP contribution in [-0.4, -0.2) is 41.7 Å². The van der Waals surface area contributed by atoms with Crippen LogP contribution in [0.5, 0.6) is 0 Å². The number of rotatable bonds is 6. The average molecular weight is 351 g/mol. The quantitative estimate of drug-likeness (QED) is 0.238. The second kappa shape index (κ2) is 8.91. The lowest BCUT2D eigenvalue weighted by atomic mass is 10.0. The normalized spacial score (nSPS) is 11.8. The highest BCUT2D eigenvalue weighted by Gasteiger charge is 2.17. The molecule has 1 rings (SSSR count). The monoisotopic (exact) mass is 351 g/mol. The first-order valence-electron chi connectivity index (χ1n) is 7.92. The van der Waals surface area contributed by atoms with Crippen LogP contribution >= 0.6 is 0 Å². The lowest BCUT2D eigenvalue weighted by Crippen LogP contribution is -2.33. The number of esters is 1. The molecule has 0 aromatic heterocycles. The van der Waals surface area contributed by atoms with Gasteiger partial charge in [0, 0.05) is 24.2 Å². The van der Waals surface area contributed by atoms with E-state index in [0.717, 1.165) is 0 Å². The molecule has 0 radical (unpaired) electrons. The molecule has 138 valence electrons. The molecule has 0 saturated carbocycles. The maximum Gasteiger partial charge on any atom is 0.407 e. The minimum Gasteiger partial charge on any atom is -0.462 e. The summed E-state index contributed by atoms with van der Waals surface area (Å²) < 4.78 is 10.1. The zero-order valence-corrected chi connectivity index (χ0v) is 15.0. The molecular formula is C17H25N3O5. The number of nitrogens with one attached hydrogen (secondary N) is 1. The smallest absolute Gasteiger partial charge is 0.407 e. The van der Waals surface area contributed by atoms with Gasteiger partial charge in [-0.1, -0.05) is 5.16 Å². The number of anilines is 1. The van der Waals surface area contributed by atoms with Crippen LogP contribution in [0, 0.1) is 0 Å². The van der Waals surface area contributed by atoms with E-state index in [1.807, 2.05) is 0 Å². The maximum atomic E-state index is 11.8. The van der Waals surface area contributed by atoms with Gasteiger partial charge in [-0.2, -0.15) is 0 Å². The molecule has 8 heteroatoms. The van der Waals surface area contributed by atoms with Gasteiger partial charge < -0.3 is 25.7 Å². The van der Waals surface area contributed by atoms with Crippen LogP contribution in [0.1, 0.15) is 50.0 Å². The lowest BCUT2D eigenvalue weighted by Gasteiger charge is -2.19. The molecule has 0 saturated heterocycles. The second-order valence-corrected chi connectivity index (χ2v) is 6.25. The van der Waals surface area contributed by atoms with Crippen LogP contribution < -0.4 is 11.1 Å². The van der Waals surface area contributed by atoms with Crippen LogP contribution in [0.2, 0.25) is 0 Å². The first-order valence-corrected chi connectivity index (χ1v) is 7.92. The topological polar surface area (TPSA) is 123 Å². The summed E-state index contributed by atoms with van der Waals surface area (Å²) >= 11 is 0. The Labute approximate surface area is 147 Å². The number of benzene rings is 1. The number of alkyl carbamates (subject to hydrolysis) is 1. The van der Waals surface area contributed by atoms with Gasteiger partial charge in [0.1, 0.15) is 5.60 Å². The van der Waals surface area contributed by atoms with Crippen molar-refractivity contribution in [2.45, 2.75) is 39.7 Å². The van der Waals surface area contributed by atoms with Gasteiger partial charge in [-0.25, -0.2) is 9.59 Å². The predicted molar refractivity (Wildman–Crippen MR) is 94.0 cm³/mol. The van der Waals surface area contributed by atoms with E-state index in [0.29, 0.717) is 16.8 Å². The largest absolute Gasteiger partial charge is 0.462 e. The Bertz CT molecular complexity index is 650. The number of carbonyl (C=O) groups excluding carboxylic acids is 2. The van der Waals surface area contributed by atoms with E-state index < -0.39 is 17.7 Å². The van der Waals surface area contributed by atoms with Crippen molar-refractivity contribution >= 4 is 23.5 Å². The number of amides is 1. The van der Waals surface area contributed by atoms with E-state index in [1.165, 1.54) is 18.2 Å². The molecule has 4 N–H and O–H groups in total. The highest BCUT2D eigenvalue weighted by atomic mass is 16.6.